The molecule has 19 heavy (non-hydrogen) atoms. The fourth-order valence-electron chi connectivity index (χ4n) is 2.54. The third-order valence-electron chi connectivity index (χ3n) is 3.81. The first-order valence-corrected chi connectivity index (χ1v) is 6.66. The maximum atomic E-state index is 12.1. The Morgan fingerprint density at radius 2 is 2.32 bits per heavy atom. The number of carbonyl (C=O) groups excluding carboxylic acids is 1. The number of likely N-dealkylation sites (N-methyl/N-ethyl adjacent to an activating group) is 1. The summed E-state index contributed by atoms with van der Waals surface area (Å²) in [4.78, 5) is 14.3. The van der Waals surface area contributed by atoms with Gasteiger partial charge < -0.3 is 19.5 Å². The molecule has 1 amide bonds. The van der Waals surface area contributed by atoms with Crippen LogP contribution < -0.4 is 5.32 Å². The molecule has 1 aliphatic heterocycles. The van der Waals surface area contributed by atoms with E-state index >= 15 is 0 Å². The van der Waals surface area contributed by atoms with Gasteiger partial charge in [0.15, 0.2) is 5.69 Å². The Hall–Kier alpha value is -1.40. The van der Waals surface area contributed by atoms with Crippen molar-refractivity contribution in [2.75, 3.05) is 27.2 Å². The van der Waals surface area contributed by atoms with E-state index < -0.39 is 0 Å². The Morgan fingerprint density at radius 3 is 3.00 bits per heavy atom. The number of rotatable bonds is 4. The van der Waals surface area contributed by atoms with E-state index in [1.807, 2.05) is 7.05 Å². The van der Waals surface area contributed by atoms with Crippen molar-refractivity contribution in [3.05, 3.63) is 17.5 Å². The third-order valence-corrected chi connectivity index (χ3v) is 3.81. The van der Waals surface area contributed by atoms with Crippen molar-refractivity contribution >= 4 is 5.91 Å². The monoisotopic (exact) mass is 265 g/mol. The molecule has 2 aliphatic rings. The zero-order chi connectivity index (χ0) is 13.4. The first kappa shape index (κ1) is 12.6. The van der Waals surface area contributed by atoms with Gasteiger partial charge in [-0.25, -0.2) is 0 Å². The Bertz CT molecular complexity index is 469. The molecule has 104 valence electrons. The summed E-state index contributed by atoms with van der Waals surface area (Å²) in [5.41, 5.74) is 0.367. The zero-order valence-corrected chi connectivity index (χ0v) is 11.3. The summed E-state index contributed by atoms with van der Waals surface area (Å²) in [6.07, 6.45) is 2.30. The lowest BCUT2D eigenvalue weighted by Gasteiger charge is -2.17. The van der Waals surface area contributed by atoms with E-state index in [0.29, 0.717) is 11.6 Å². The highest BCUT2D eigenvalue weighted by Crippen LogP contribution is 2.40. The van der Waals surface area contributed by atoms with Gasteiger partial charge in [-0.15, -0.1) is 0 Å². The first-order chi connectivity index (χ1) is 9.17. The Labute approximate surface area is 112 Å². The van der Waals surface area contributed by atoms with Crippen LogP contribution in [-0.2, 0) is 4.74 Å². The molecule has 2 atom stereocenters. The number of nitrogens with zero attached hydrogens (tertiary/aromatic N) is 2. The maximum Gasteiger partial charge on any atom is 0.273 e. The van der Waals surface area contributed by atoms with E-state index in [2.05, 4.69) is 15.4 Å². The molecule has 0 spiro atoms. The number of ether oxygens (including phenoxy) is 1. The van der Waals surface area contributed by atoms with Gasteiger partial charge in [0.1, 0.15) is 5.76 Å². The van der Waals surface area contributed by atoms with Crippen LogP contribution in [0.2, 0.25) is 0 Å². The van der Waals surface area contributed by atoms with Crippen LogP contribution in [0.3, 0.4) is 0 Å². The fraction of sp³-hybridized carbons (Fsp3) is 0.692. The van der Waals surface area contributed by atoms with Gasteiger partial charge >= 0.3 is 0 Å². The maximum absolute atomic E-state index is 12.1. The number of hydrogen-bond acceptors (Lipinski definition) is 5. The molecule has 6 nitrogen and oxygen atoms in total. The number of amides is 1. The van der Waals surface area contributed by atoms with Crippen molar-refractivity contribution in [2.45, 2.75) is 30.9 Å². The van der Waals surface area contributed by atoms with Gasteiger partial charge in [0.05, 0.1) is 12.1 Å². The minimum absolute atomic E-state index is 0.00331. The van der Waals surface area contributed by atoms with Crippen molar-refractivity contribution in [1.82, 2.24) is 15.4 Å². The number of likely N-dealkylation sites (tertiary alicyclic amines) is 1. The van der Waals surface area contributed by atoms with Gasteiger partial charge in [0.2, 0.25) is 0 Å². The summed E-state index contributed by atoms with van der Waals surface area (Å²) in [6, 6.07) is 1.76. The van der Waals surface area contributed by atoms with Crippen molar-refractivity contribution in [3.63, 3.8) is 0 Å². The number of hydrogen-bond donors (Lipinski definition) is 1. The molecular formula is C13H19N3O3. The lowest BCUT2D eigenvalue weighted by atomic mass is 10.2. The standard InChI is InChI=1S/C13H19N3O3/c1-16-6-10(12(7-16)18-2)14-13(17)9-5-11(19-15-9)8-3-4-8/h5,8,10,12H,3-4,6-7H2,1-2H3,(H,14,17). The Balaban J connectivity index is 1.63. The van der Waals surface area contributed by atoms with Gasteiger partial charge in [0, 0.05) is 32.2 Å². The Morgan fingerprint density at radius 1 is 1.53 bits per heavy atom. The number of methoxy groups -OCH3 is 1. The summed E-state index contributed by atoms with van der Waals surface area (Å²) < 4.78 is 10.6. The highest BCUT2D eigenvalue weighted by Gasteiger charge is 2.33. The summed E-state index contributed by atoms with van der Waals surface area (Å²) >= 11 is 0. The number of aromatic nitrogens is 1. The molecule has 1 aromatic heterocycles. The highest BCUT2D eigenvalue weighted by molar-refractivity contribution is 5.92. The molecule has 1 aliphatic carbocycles. The predicted octanol–water partition coefficient (Wildman–Crippen LogP) is 0.611. The second-order valence-corrected chi connectivity index (χ2v) is 5.46. The van der Waals surface area contributed by atoms with E-state index in [-0.39, 0.29) is 18.1 Å². The van der Waals surface area contributed by atoms with Crippen molar-refractivity contribution < 1.29 is 14.1 Å². The smallest absolute Gasteiger partial charge is 0.273 e. The number of nitrogens with one attached hydrogen (secondary N) is 1. The van der Waals surface area contributed by atoms with Crippen LogP contribution in [0.5, 0.6) is 0 Å². The second kappa shape index (κ2) is 4.94. The van der Waals surface area contributed by atoms with E-state index in [0.717, 1.165) is 31.7 Å². The minimum Gasteiger partial charge on any atom is -0.378 e. The van der Waals surface area contributed by atoms with E-state index in [1.54, 1.807) is 13.2 Å². The van der Waals surface area contributed by atoms with Crippen LogP contribution >= 0.6 is 0 Å². The van der Waals surface area contributed by atoms with Gasteiger partial charge in [-0.05, 0) is 19.9 Å². The molecule has 1 saturated heterocycles. The summed E-state index contributed by atoms with van der Waals surface area (Å²) in [7, 11) is 3.68. The van der Waals surface area contributed by atoms with E-state index in [4.69, 9.17) is 9.26 Å². The largest absolute Gasteiger partial charge is 0.378 e. The first-order valence-electron chi connectivity index (χ1n) is 6.66. The molecule has 0 radical (unpaired) electrons. The average molecular weight is 265 g/mol. The van der Waals surface area contributed by atoms with Gasteiger partial charge in [-0.3, -0.25) is 4.79 Å². The SMILES string of the molecule is COC1CN(C)CC1NC(=O)c1cc(C2CC2)on1. The van der Waals surface area contributed by atoms with Crippen molar-refractivity contribution in [3.8, 4) is 0 Å². The lowest BCUT2D eigenvalue weighted by molar-refractivity contribution is 0.0760. The molecule has 2 unspecified atom stereocenters. The summed E-state index contributed by atoms with van der Waals surface area (Å²) in [5.74, 6) is 1.12. The van der Waals surface area contributed by atoms with Crippen LogP contribution in [0.25, 0.3) is 0 Å². The van der Waals surface area contributed by atoms with Crippen LogP contribution in [0, 0.1) is 0 Å². The normalized spacial score (nSPS) is 27.7. The molecule has 6 heteroatoms. The molecule has 1 saturated carbocycles. The van der Waals surface area contributed by atoms with Crippen LogP contribution in [0.4, 0.5) is 0 Å². The van der Waals surface area contributed by atoms with Gasteiger partial charge in [-0.1, -0.05) is 5.16 Å². The van der Waals surface area contributed by atoms with Crippen LogP contribution in [0.1, 0.15) is 35.0 Å². The van der Waals surface area contributed by atoms with Gasteiger partial charge in [0.25, 0.3) is 5.91 Å². The lowest BCUT2D eigenvalue weighted by Crippen LogP contribution is -2.43. The average Bonchev–Trinajstić information content (AvgIpc) is 3.00. The zero-order valence-electron chi connectivity index (χ0n) is 11.3. The van der Waals surface area contributed by atoms with Crippen LogP contribution in [-0.4, -0.2) is 55.4 Å². The van der Waals surface area contributed by atoms with Crippen molar-refractivity contribution in [1.29, 1.82) is 0 Å². The number of carbonyl (C=O) groups is 1. The molecule has 1 N–H and O–H groups in total. The fourth-order valence-corrected chi connectivity index (χ4v) is 2.54. The topological polar surface area (TPSA) is 67.6 Å². The Kier molecular flexibility index (Phi) is 3.28. The van der Waals surface area contributed by atoms with E-state index in [9.17, 15) is 4.79 Å². The molecule has 0 aromatic carbocycles. The highest BCUT2D eigenvalue weighted by atomic mass is 16.5. The summed E-state index contributed by atoms with van der Waals surface area (Å²) in [5, 5.41) is 6.82. The third kappa shape index (κ3) is 2.64. The van der Waals surface area contributed by atoms with Crippen molar-refractivity contribution in [2.24, 2.45) is 0 Å². The molecule has 2 fully saturated rings. The predicted molar refractivity (Wildman–Crippen MR) is 68.0 cm³/mol. The summed E-state index contributed by atoms with van der Waals surface area (Å²) in [6.45, 7) is 1.62. The molecule has 0 bridgehead atoms. The van der Waals surface area contributed by atoms with E-state index in [1.165, 1.54) is 0 Å². The van der Waals surface area contributed by atoms with Crippen LogP contribution in [0.15, 0.2) is 10.6 Å². The van der Waals surface area contributed by atoms with Gasteiger partial charge in [-0.2, -0.15) is 0 Å². The molecule has 2 heterocycles. The minimum atomic E-state index is -0.182. The second-order valence-electron chi connectivity index (χ2n) is 5.46. The molecular weight excluding hydrogens is 246 g/mol. The quantitative estimate of drug-likeness (QED) is 0.864. The molecule has 1 aromatic rings. The molecule has 3 rings (SSSR count).